The third kappa shape index (κ3) is 1.20. The first kappa shape index (κ1) is 5.56. The summed E-state index contributed by atoms with van der Waals surface area (Å²) in [6.07, 6.45) is 1.70. The topological polar surface area (TPSA) is 36.9 Å². The van der Waals surface area contributed by atoms with Crippen molar-refractivity contribution >= 4 is 6.21 Å². The second kappa shape index (κ2) is 1.74. The monoisotopic (exact) mass is 114 g/mol. The first-order chi connectivity index (χ1) is 3.77. The third-order valence-corrected chi connectivity index (χ3v) is 1.01. The van der Waals surface area contributed by atoms with Crippen LogP contribution in [0.25, 0.3) is 0 Å². The average molecular weight is 114 g/mol. The fourth-order valence-electron chi connectivity index (χ4n) is 0.374. The Morgan fingerprint density at radius 3 is 2.88 bits per heavy atom. The standard InChI is InChI=1S/C5H10N2O/c1-3-6-7-5(2)4-8-5/h3,7H,4H2,1-2H3/b6-3+. The molecule has 1 N–H and O–H groups in total. The van der Waals surface area contributed by atoms with Gasteiger partial charge in [0.2, 0.25) is 0 Å². The molecule has 1 heterocycles. The smallest absolute Gasteiger partial charge is 0.174 e. The zero-order valence-corrected chi connectivity index (χ0v) is 5.14. The molecule has 0 spiro atoms. The van der Waals surface area contributed by atoms with Crippen LogP contribution in [0.3, 0.4) is 0 Å². The molecule has 3 nitrogen and oxygen atoms in total. The molecule has 0 aliphatic carbocycles. The van der Waals surface area contributed by atoms with Gasteiger partial charge < -0.3 is 4.74 Å². The van der Waals surface area contributed by atoms with Crippen molar-refractivity contribution in [2.45, 2.75) is 19.6 Å². The highest BCUT2D eigenvalue weighted by molar-refractivity contribution is 5.52. The molecule has 1 atom stereocenters. The lowest BCUT2D eigenvalue weighted by atomic mass is 10.4. The van der Waals surface area contributed by atoms with E-state index in [9.17, 15) is 0 Å². The second-order valence-corrected chi connectivity index (χ2v) is 2.02. The summed E-state index contributed by atoms with van der Waals surface area (Å²) in [6, 6.07) is 0. The minimum Gasteiger partial charge on any atom is -0.347 e. The van der Waals surface area contributed by atoms with Crippen LogP contribution in [0.5, 0.6) is 0 Å². The number of rotatable bonds is 2. The second-order valence-electron chi connectivity index (χ2n) is 2.02. The van der Waals surface area contributed by atoms with Gasteiger partial charge in [-0.1, -0.05) is 0 Å². The van der Waals surface area contributed by atoms with Crippen molar-refractivity contribution in [2.24, 2.45) is 5.10 Å². The highest BCUT2D eigenvalue weighted by Crippen LogP contribution is 2.20. The Hall–Kier alpha value is -0.570. The zero-order valence-electron chi connectivity index (χ0n) is 5.14. The van der Waals surface area contributed by atoms with Gasteiger partial charge in [0, 0.05) is 6.21 Å². The van der Waals surface area contributed by atoms with Crippen LogP contribution in [0.2, 0.25) is 0 Å². The van der Waals surface area contributed by atoms with Crippen LogP contribution in [-0.2, 0) is 4.74 Å². The van der Waals surface area contributed by atoms with Gasteiger partial charge in [-0.15, -0.1) is 0 Å². The van der Waals surface area contributed by atoms with Gasteiger partial charge in [-0.3, -0.25) is 5.43 Å². The fourth-order valence-corrected chi connectivity index (χ4v) is 0.374. The minimum absolute atomic E-state index is 0.146. The van der Waals surface area contributed by atoms with E-state index in [1.165, 1.54) is 0 Å². The van der Waals surface area contributed by atoms with Crippen LogP contribution in [0.1, 0.15) is 13.8 Å². The first-order valence-electron chi connectivity index (χ1n) is 2.66. The molecule has 46 valence electrons. The van der Waals surface area contributed by atoms with E-state index in [4.69, 9.17) is 4.74 Å². The molecule has 0 aromatic heterocycles. The summed E-state index contributed by atoms with van der Waals surface area (Å²) in [5.74, 6) is 0. The Morgan fingerprint density at radius 1 is 1.88 bits per heavy atom. The van der Waals surface area contributed by atoms with Gasteiger partial charge in [-0.2, -0.15) is 5.10 Å². The van der Waals surface area contributed by atoms with E-state index in [1.54, 1.807) is 6.21 Å². The molecule has 1 saturated heterocycles. The predicted molar refractivity (Wildman–Crippen MR) is 31.7 cm³/mol. The number of hydrogen-bond acceptors (Lipinski definition) is 3. The number of hydrazone groups is 1. The molecule has 1 fully saturated rings. The molecule has 1 unspecified atom stereocenters. The number of ether oxygens (including phenoxy) is 1. The van der Waals surface area contributed by atoms with Gasteiger partial charge in [0.05, 0.1) is 6.61 Å². The number of hydrogen-bond donors (Lipinski definition) is 1. The lowest BCUT2D eigenvalue weighted by Gasteiger charge is -2.00. The summed E-state index contributed by atoms with van der Waals surface area (Å²) in [5.41, 5.74) is 2.68. The van der Waals surface area contributed by atoms with E-state index in [0.717, 1.165) is 6.61 Å². The van der Waals surface area contributed by atoms with Crippen LogP contribution in [0.15, 0.2) is 5.10 Å². The molecular weight excluding hydrogens is 104 g/mol. The molecule has 0 radical (unpaired) electrons. The van der Waals surface area contributed by atoms with Gasteiger partial charge in [0.15, 0.2) is 5.72 Å². The van der Waals surface area contributed by atoms with E-state index >= 15 is 0 Å². The van der Waals surface area contributed by atoms with Gasteiger partial charge in [0.1, 0.15) is 0 Å². The Kier molecular flexibility index (Phi) is 1.21. The van der Waals surface area contributed by atoms with Crippen molar-refractivity contribution < 1.29 is 4.74 Å². The highest BCUT2D eigenvalue weighted by atomic mass is 16.6. The van der Waals surface area contributed by atoms with Gasteiger partial charge in [-0.05, 0) is 13.8 Å². The van der Waals surface area contributed by atoms with Crippen LogP contribution in [0, 0.1) is 0 Å². The Balaban J connectivity index is 2.19. The van der Waals surface area contributed by atoms with E-state index in [2.05, 4.69) is 10.5 Å². The molecule has 0 bridgehead atoms. The van der Waals surface area contributed by atoms with Crippen LogP contribution in [-0.4, -0.2) is 18.5 Å². The molecular formula is C5H10N2O. The summed E-state index contributed by atoms with van der Waals surface area (Å²) < 4.78 is 4.97. The molecule has 1 aliphatic rings. The van der Waals surface area contributed by atoms with Gasteiger partial charge in [-0.25, -0.2) is 0 Å². The first-order valence-corrected chi connectivity index (χ1v) is 2.66. The van der Waals surface area contributed by atoms with Crippen molar-refractivity contribution in [3.8, 4) is 0 Å². The normalized spacial score (nSPS) is 35.8. The summed E-state index contributed by atoms with van der Waals surface area (Å²) in [4.78, 5) is 0. The van der Waals surface area contributed by atoms with Crippen molar-refractivity contribution in [1.29, 1.82) is 0 Å². The molecule has 8 heavy (non-hydrogen) atoms. The van der Waals surface area contributed by atoms with Gasteiger partial charge >= 0.3 is 0 Å². The van der Waals surface area contributed by atoms with Gasteiger partial charge in [0.25, 0.3) is 0 Å². The fraction of sp³-hybridized carbons (Fsp3) is 0.800. The summed E-state index contributed by atoms with van der Waals surface area (Å²) >= 11 is 0. The number of epoxide rings is 1. The van der Waals surface area contributed by atoms with Crippen molar-refractivity contribution in [3.05, 3.63) is 0 Å². The summed E-state index contributed by atoms with van der Waals surface area (Å²) in [5, 5.41) is 3.81. The zero-order chi connectivity index (χ0) is 6.04. The maximum atomic E-state index is 4.97. The van der Waals surface area contributed by atoms with Crippen LogP contribution in [0.4, 0.5) is 0 Å². The molecule has 0 saturated carbocycles. The lowest BCUT2D eigenvalue weighted by molar-refractivity contribution is 0.280. The van der Waals surface area contributed by atoms with E-state index in [1.807, 2.05) is 13.8 Å². The number of nitrogens with one attached hydrogen (secondary N) is 1. The summed E-state index contributed by atoms with van der Waals surface area (Å²) in [6.45, 7) is 4.59. The Morgan fingerprint density at radius 2 is 2.50 bits per heavy atom. The average Bonchev–Trinajstić information content (AvgIpc) is 2.45. The van der Waals surface area contributed by atoms with E-state index < -0.39 is 0 Å². The molecule has 0 aromatic rings. The minimum atomic E-state index is -0.146. The molecule has 1 aliphatic heterocycles. The predicted octanol–water partition coefficient (Wildman–Crippen LogP) is 0.328. The maximum absolute atomic E-state index is 4.97. The van der Waals surface area contributed by atoms with Crippen LogP contribution < -0.4 is 5.43 Å². The lowest BCUT2D eigenvalue weighted by Crippen LogP contribution is -2.23. The SMILES string of the molecule is C/C=N/NC1(C)CO1. The third-order valence-electron chi connectivity index (χ3n) is 1.01. The quantitative estimate of drug-likeness (QED) is 0.319. The molecule has 1 rings (SSSR count). The molecule has 0 aromatic carbocycles. The Labute approximate surface area is 48.7 Å². The van der Waals surface area contributed by atoms with Crippen LogP contribution >= 0.6 is 0 Å². The van der Waals surface area contributed by atoms with Crippen molar-refractivity contribution in [1.82, 2.24) is 5.43 Å². The molecule has 0 amide bonds. The van der Waals surface area contributed by atoms with Crippen molar-refractivity contribution in [3.63, 3.8) is 0 Å². The van der Waals surface area contributed by atoms with Crippen molar-refractivity contribution in [2.75, 3.05) is 6.61 Å². The number of nitrogens with zero attached hydrogens (tertiary/aromatic N) is 1. The van der Waals surface area contributed by atoms with E-state index in [0.29, 0.717) is 0 Å². The Bertz CT molecular complexity index is 107. The van der Waals surface area contributed by atoms with E-state index in [-0.39, 0.29) is 5.72 Å². The maximum Gasteiger partial charge on any atom is 0.174 e. The largest absolute Gasteiger partial charge is 0.347 e. The molecule has 3 heteroatoms. The summed E-state index contributed by atoms with van der Waals surface area (Å²) in [7, 11) is 0. The highest BCUT2D eigenvalue weighted by Gasteiger charge is 2.38.